The van der Waals surface area contributed by atoms with Gasteiger partial charge in [-0.3, -0.25) is 9.48 Å². The topological polar surface area (TPSA) is 64.2 Å². The van der Waals surface area contributed by atoms with Gasteiger partial charge in [0.2, 0.25) is 5.91 Å². The number of amides is 1. The van der Waals surface area contributed by atoms with Crippen LogP contribution in [0.2, 0.25) is 0 Å². The summed E-state index contributed by atoms with van der Waals surface area (Å²) in [5, 5.41) is 4.03. The zero-order valence-corrected chi connectivity index (χ0v) is 11.6. The van der Waals surface area contributed by atoms with Gasteiger partial charge in [0.25, 0.3) is 0 Å². The van der Waals surface area contributed by atoms with Crippen LogP contribution in [0.5, 0.6) is 0 Å². The molecule has 1 aromatic heterocycles. The lowest BCUT2D eigenvalue weighted by Gasteiger charge is -2.25. The van der Waals surface area contributed by atoms with E-state index in [0.717, 1.165) is 25.9 Å². The van der Waals surface area contributed by atoms with E-state index >= 15 is 0 Å². The molecule has 0 saturated heterocycles. The number of aromatic nitrogens is 2. The first-order valence-electron chi connectivity index (χ1n) is 6.67. The third-order valence-corrected chi connectivity index (χ3v) is 3.33. The Labute approximate surface area is 109 Å². The van der Waals surface area contributed by atoms with E-state index in [1.165, 1.54) is 0 Å². The van der Waals surface area contributed by atoms with Gasteiger partial charge in [-0.25, -0.2) is 0 Å². The molecular formula is C13H24N4O. The minimum absolute atomic E-state index is 0.104. The lowest BCUT2D eigenvalue weighted by atomic mass is 10.0. The van der Waals surface area contributed by atoms with Gasteiger partial charge in [0.05, 0.1) is 0 Å². The monoisotopic (exact) mass is 252 g/mol. The smallest absolute Gasteiger partial charge is 0.244 e. The summed E-state index contributed by atoms with van der Waals surface area (Å²) >= 11 is 0. The Morgan fingerprint density at radius 3 is 2.56 bits per heavy atom. The maximum atomic E-state index is 12.1. The molecule has 2 N–H and O–H groups in total. The largest absolute Gasteiger partial charge is 0.382 e. The first kappa shape index (κ1) is 14.5. The van der Waals surface area contributed by atoms with Crippen LogP contribution in [0.25, 0.3) is 0 Å². The molecule has 0 aromatic carbocycles. The number of nitrogens with two attached hydrogens (primary N) is 1. The molecule has 0 unspecified atom stereocenters. The fourth-order valence-electron chi connectivity index (χ4n) is 1.97. The highest BCUT2D eigenvalue weighted by atomic mass is 16.2. The van der Waals surface area contributed by atoms with Crippen LogP contribution in [0.15, 0.2) is 12.3 Å². The van der Waals surface area contributed by atoms with E-state index < -0.39 is 0 Å². The summed E-state index contributed by atoms with van der Waals surface area (Å²) in [7, 11) is 0. The molecule has 0 bridgehead atoms. The second kappa shape index (κ2) is 7.03. The van der Waals surface area contributed by atoms with Gasteiger partial charge in [-0.15, -0.1) is 0 Å². The van der Waals surface area contributed by atoms with Crippen molar-refractivity contribution in [1.29, 1.82) is 0 Å². The van der Waals surface area contributed by atoms with Crippen molar-refractivity contribution in [3.05, 3.63) is 12.3 Å². The van der Waals surface area contributed by atoms with Crippen LogP contribution in [-0.4, -0.2) is 33.7 Å². The number of carbonyl (C=O) groups excluding carboxylic acids is 1. The number of likely N-dealkylation sites (N-methyl/N-ethyl adjacent to an activating group) is 1. The van der Waals surface area contributed by atoms with Crippen LogP contribution in [-0.2, 0) is 11.3 Å². The Kier molecular flexibility index (Phi) is 5.68. The predicted molar refractivity (Wildman–Crippen MR) is 73.0 cm³/mol. The molecule has 1 amide bonds. The van der Waals surface area contributed by atoms with Crippen molar-refractivity contribution in [2.24, 2.45) is 5.92 Å². The minimum atomic E-state index is 0.104. The molecule has 0 aliphatic carbocycles. The highest BCUT2D eigenvalue weighted by Gasteiger charge is 2.16. The Balaban J connectivity index is 2.56. The average Bonchev–Trinajstić information content (AvgIpc) is 2.76. The fraction of sp³-hybridized carbons (Fsp3) is 0.692. The van der Waals surface area contributed by atoms with Gasteiger partial charge in [-0.2, -0.15) is 5.10 Å². The van der Waals surface area contributed by atoms with Crippen molar-refractivity contribution in [2.75, 3.05) is 18.8 Å². The molecule has 5 heteroatoms. The van der Waals surface area contributed by atoms with E-state index in [1.807, 2.05) is 11.8 Å². The molecule has 1 rings (SSSR count). The molecule has 0 atom stereocenters. The fourth-order valence-corrected chi connectivity index (χ4v) is 1.97. The van der Waals surface area contributed by atoms with E-state index in [-0.39, 0.29) is 12.5 Å². The van der Waals surface area contributed by atoms with Crippen molar-refractivity contribution in [3.63, 3.8) is 0 Å². The molecule has 0 spiro atoms. The number of anilines is 1. The summed E-state index contributed by atoms with van der Waals surface area (Å²) in [5.41, 5.74) is 5.53. The number of nitrogen functional groups attached to an aromatic ring is 1. The second-order valence-electron chi connectivity index (χ2n) is 4.55. The predicted octanol–water partition coefficient (Wildman–Crippen LogP) is 1.75. The SMILES string of the molecule is CCC(CC)CN(CC)C(=O)Cn1ccc(N)n1. The molecule has 18 heavy (non-hydrogen) atoms. The van der Waals surface area contributed by atoms with E-state index in [0.29, 0.717) is 11.7 Å². The van der Waals surface area contributed by atoms with Crippen LogP contribution in [0.3, 0.4) is 0 Å². The summed E-state index contributed by atoms with van der Waals surface area (Å²) in [6.45, 7) is 8.19. The molecule has 0 radical (unpaired) electrons. The van der Waals surface area contributed by atoms with Crippen LogP contribution in [0, 0.1) is 5.92 Å². The lowest BCUT2D eigenvalue weighted by Crippen LogP contribution is -2.37. The first-order chi connectivity index (χ1) is 8.60. The van der Waals surface area contributed by atoms with E-state index in [1.54, 1.807) is 16.9 Å². The first-order valence-corrected chi connectivity index (χ1v) is 6.67. The van der Waals surface area contributed by atoms with Crippen molar-refractivity contribution in [1.82, 2.24) is 14.7 Å². The van der Waals surface area contributed by atoms with Gasteiger partial charge in [0.15, 0.2) is 0 Å². The number of hydrogen-bond acceptors (Lipinski definition) is 3. The summed E-state index contributed by atoms with van der Waals surface area (Å²) < 4.78 is 1.59. The Morgan fingerprint density at radius 2 is 2.11 bits per heavy atom. The Bertz CT molecular complexity index is 371. The van der Waals surface area contributed by atoms with Crippen molar-refractivity contribution in [2.45, 2.75) is 40.2 Å². The average molecular weight is 252 g/mol. The van der Waals surface area contributed by atoms with Crippen LogP contribution in [0.1, 0.15) is 33.6 Å². The molecule has 0 fully saturated rings. The molecule has 0 aliphatic rings. The van der Waals surface area contributed by atoms with E-state index in [2.05, 4.69) is 18.9 Å². The molecule has 102 valence electrons. The summed E-state index contributed by atoms with van der Waals surface area (Å²) in [5.74, 6) is 1.13. The van der Waals surface area contributed by atoms with E-state index in [4.69, 9.17) is 5.73 Å². The number of rotatable bonds is 7. The lowest BCUT2D eigenvalue weighted by molar-refractivity contribution is -0.132. The third-order valence-electron chi connectivity index (χ3n) is 3.33. The maximum absolute atomic E-state index is 12.1. The minimum Gasteiger partial charge on any atom is -0.382 e. The van der Waals surface area contributed by atoms with Crippen LogP contribution < -0.4 is 5.73 Å². The molecule has 5 nitrogen and oxygen atoms in total. The number of nitrogens with zero attached hydrogens (tertiary/aromatic N) is 3. The summed E-state index contributed by atoms with van der Waals surface area (Å²) in [4.78, 5) is 14.0. The summed E-state index contributed by atoms with van der Waals surface area (Å²) in [6, 6.07) is 1.70. The van der Waals surface area contributed by atoms with Crippen LogP contribution >= 0.6 is 0 Å². The number of carbonyl (C=O) groups is 1. The molecule has 0 aliphatic heterocycles. The van der Waals surface area contributed by atoms with Crippen molar-refractivity contribution < 1.29 is 4.79 Å². The molecule has 1 heterocycles. The highest BCUT2D eigenvalue weighted by Crippen LogP contribution is 2.10. The molecular weight excluding hydrogens is 228 g/mol. The highest BCUT2D eigenvalue weighted by molar-refractivity contribution is 5.75. The van der Waals surface area contributed by atoms with Crippen molar-refractivity contribution >= 4 is 11.7 Å². The quantitative estimate of drug-likeness (QED) is 0.804. The van der Waals surface area contributed by atoms with Gasteiger partial charge in [0.1, 0.15) is 12.4 Å². The van der Waals surface area contributed by atoms with Crippen molar-refractivity contribution in [3.8, 4) is 0 Å². The zero-order chi connectivity index (χ0) is 13.5. The molecule has 1 aromatic rings. The van der Waals surface area contributed by atoms with Gasteiger partial charge in [-0.05, 0) is 18.9 Å². The molecule has 0 saturated carbocycles. The third kappa shape index (κ3) is 4.05. The van der Waals surface area contributed by atoms with Gasteiger partial charge < -0.3 is 10.6 Å². The Hall–Kier alpha value is -1.52. The maximum Gasteiger partial charge on any atom is 0.244 e. The summed E-state index contributed by atoms with van der Waals surface area (Å²) in [6.07, 6.45) is 3.95. The normalized spacial score (nSPS) is 10.9. The zero-order valence-electron chi connectivity index (χ0n) is 11.6. The van der Waals surface area contributed by atoms with Gasteiger partial charge >= 0.3 is 0 Å². The number of hydrogen-bond donors (Lipinski definition) is 1. The van der Waals surface area contributed by atoms with E-state index in [9.17, 15) is 4.79 Å². The van der Waals surface area contributed by atoms with Gasteiger partial charge in [-0.1, -0.05) is 26.7 Å². The second-order valence-corrected chi connectivity index (χ2v) is 4.55. The van der Waals surface area contributed by atoms with Crippen LogP contribution in [0.4, 0.5) is 5.82 Å². The van der Waals surface area contributed by atoms with Gasteiger partial charge in [0, 0.05) is 19.3 Å². The Morgan fingerprint density at radius 1 is 1.44 bits per heavy atom. The standard InChI is InChI=1S/C13H24N4O/c1-4-11(5-2)9-16(6-3)13(18)10-17-8-7-12(14)15-17/h7-8,11H,4-6,9-10H2,1-3H3,(H2,14,15).